The number of alkyl halides is 1. The molecule has 1 aromatic rings. The number of hydrogen-bond acceptors (Lipinski definition) is 5. The maximum atomic E-state index is 12.2. The molecule has 1 aliphatic carbocycles. The third kappa shape index (κ3) is 6.68. The molecule has 0 atom stereocenters. The topological polar surface area (TPSA) is 76.1 Å². The Morgan fingerprint density at radius 1 is 1.46 bits per heavy atom. The van der Waals surface area contributed by atoms with Gasteiger partial charge in [0.25, 0.3) is 0 Å². The zero-order valence-electron chi connectivity index (χ0n) is 15.2. The number of nitrogens with one attached hydrogen (secondary N) is 2. The summed E-state index contributed by atoms with van der Waals surface area (Å²) in [6, 6.07) is 0.0766. The van der Waals surface area contributed by atoms with Crippen molar-refractivity contribution in [2.24, 2.45) is 5.92 Å². The normalized spacial score (nSPS) is 19.0. The van der Waals surface area contributed by atoms with Crippen molar-refractivity contribution in [3.8, 4) is 11.8 Å². The van der Waals surface area contributed by atoms with Crippen molar-refractivity contribution in [2.45, 2.75) is 51.7 Å². The Kier molecular flexibility index (Phi) is 7.04. The number of halogens is 2. The van der Waals surface area contributed by atoms with E-state index in [0.29, 0.717) is 24.3 Å². The van der Waals surface area contributed by atoms with Gasteiger partial charge in [-0.3, -0.25) is 4.39 Å². The van der Waals surface area contributed by atoms with Gasteiger partial charge in [-0.2, -0.15) is 4.98 Å². The Balaban J connectivity index is 1.86. The van der Waals surface area contributed by atoms with Crippen LogP contribution >= 0.6 is 11.6 Å². The second kappa shape index (κ2) is 9.04. The summed E-state index contributed by atoms with van der Waals surface area (Å²) in [5.74, 6) is 6.90. The monoisotopic (exact) mass is 382 g/mol. The van der Waals surface area contributed by atoms with Crippen molar-refractivity contribution in [2.75, 3.05) is 18.5 Å². The molecule has 0 spiro atoms. The van der Waals surface area contributed by atoms with Crippen LogP contribution in [0.3, 0.4) is 0 Å². The summed E-state index contributed by atoms with van der Waals surface area (Å²) in [7, 11) is 0. The van der Waals surface area contributed by atoms with Crippen LogP contribution in [0.2, 0.25) is 5.28 Å². The van der Waals surface area contributed by atoms with Gasteiger partial charge in [0.2, 0.25) is 5.28 Å². The number of carbonyl (C=O) groups excluding carboxylic acids is 1. The molecule has 0 unspecified atom stereocenters. The van der Waals surface area contributed by atoms with Gasteiger partial charge < -0.3 is 15.4 Å². The fourth-order valence-electron chi connectivity index (χ4n) is 2.37. The first-order valence-electron chi connectivity index (χ1n) is 8.60. The average Bonchev–Trinajstić information content (AvgIpc) is 2.49. The van der Waals surface area contributed by atoms with Crippen molar-refractivity contribution >= 4 is 23.5 Å². The molecule has 1 fully saturated rings. The van der Waals surface area contributed by atoms with Crippen LogP contribution in [-0.4, -0.2) is 40.9 Å². The number of alkyl carbamates (subject to hydrolysis) is 1. The number of carbonyl (C=O) groups is 1. The Labute approximate surface area is 158 Å². The Hall–Kier alpha value is -2.07. The highest BCUT2D eigenvalue weighted by Crippen LogP contribution is 2.27. The van der Waals surface area contributed by atoms with E-state index in [1.165, 1.54) is 0 Å². The molecule has 1 aliphatic rings. The van der Waals surface area contributed by atoms with Crippen molar-refractivity contribution in [1.82, 2.24) is 15.3 Å². The predicted molar refractivity (Wildman–Crippen MR) is 98.9 cm³/mol. The zero-order valence-corrected chi connectivity index (χ0v) is 16.0. The highest BCUT2D eigenvalue weighted by Gasteiger charge is 2.30. The predicted octanol–water partition coefficient (Wildman–Crippen LogP) is 3.56. The summed E-state index contributed by atoms with van der Waals surface area (Å²) < 4.78 is 17.5. The lowest BCUT2D eigenvalue weighted by Gasteiger charge is -2.33. The molecule has 1 saturated carbocycles. The maximum absolute atomic E-state index is 12.2. The van der Waals surface area contributed by atoms with Crippen molar-refractivity contribution in [3.05, 3.63) is 17.0 Å². The van der Waals surface area contributed by atoms with Crippen LogP contribution in [0.5, 0.6) is 0 Å². The quantitative estimate of drug-likeness (QED) is 0.462. The van der Waals surface area contributed by atoms with Gasteiger partial charge in [0.1, 0.15) is 11.4 Å². The molecule has 8 heteroatoms. The number of amides is 1. The van der Waals surface area contributed by atoms with Gasteiger partial charge in [0.15, 0.2) is 0 Å². The molecule has 2 N–H and O–H groups in total. The molecule has 142 valence electrons. The van der Waals surface area contributed by atoms with Gasteiger partial charge in [-0.05, 0) is 51.6 Å². The molecule has 26 heavy (non-hydrogen) atoms. The summed E-state index contributed by atoms with van der Waals surface area (Å²) in [4.78, 5) is 19.8. The number of anilines is 1. The van der Waals surface area contributed by atoms with Gasteiger partial charge >= 0.3 is 6.09 Å². The molecule has 1 heterocycles. The van der Waals surface area contributed by atoms with E-state index in [4.69, 9.17) is 16.3 Å². The van der Waals surface area contributed by atoms with E-state index in [2.05, 4.69) is 32.4 Å². The molecule has 0 bridgehead atoms. The molecule has 1 aromatic heterocycles. The van der Waals surface area contributed by atoms with Crippen LogP contribution < -0.4 is 10.6 Å². The summed E-state index contributed by atoms with van der Waals surface area (Å²) in [6.45, 7) is 5.53. The van der Waals surface area contributed by atoms with Crippen LogP contribution in [0, 0.1) is 17.8 Å². The number of ether oxygens (including phenoxy) is 1. The summed E-state index contributed by atoms with van der Waals surface area (Å²) >= 11 is 5.81. The zero-order chi connectivity index (χ0) is 19.2. The molecule has 0 aliphatic heterocycles. The largest absolute Gasteiger partial charge is 0.444 e. The van der Waals surface area contributed by atoms with Crippen LogP contribution in [0.4, 0.5) is 15.0 Å². The molecular weight excluding hydrogens is 359 g/mol. The third-order valence-electron chi connectivity index (χ3n) is 3.63. The van der Waals surface area contributed by atoms with Gasteiger partial charge in [0, 0.05) is 24.7 Å². The van der Waals surface area contributed by atoms with E-state index in [1.807, 2.05) is 20.8 Å². The van der Waals surface area contributed by atoms with Crippen LogP contribution in [-0.2, 0) is 4.74 Å². The first-order chi connectivity index (χ1) is 12.3. The smallest absolute Gasteiger partial charge is 0.407 e. The maximum Gasteiger partial charge on any atom is 0.407 e. The molecule has 1 amide bonds. The van der Waals surface area contributed by atoms with E-state index in [9.17, 15) is 9.18 Å². The number of rotatable bonds is 5. The van der Waals surface area contributed by atoms with Crippen LogP contribution in [0.25, 0.3) is 0 Å². The summed E-state index contributed by atoms with van der Waals surface area (Å²) in [5, 5.41) is 5.97. The number of aromatic nitrogens is 2. The fraction of sp³-hybridized carbons (Fsp3) is 0.611. The second-order valence-corrected chi connectivity index (χ2v) is 7.49. The lowest BCUT2D eigenvalue weighted by Crippen LogP contribution is -2.45. The van der Waals surface area contributed by atoms with Gasteiger partial charge in [-0.25, -0.2) is 9.78 Å². The van der Waals surface area contributed by atoms with Crippen molar-refractivity contribution in [1.29, 1.82) is 0 Å². The van der Waals surface area contributed by atoms with E-state index in [-0.39, 0.29) is 17.2 Å². The molecule has 0 radical (unpaired) electrons. The Bertz CT molecular complexity index is 691. The van der Waals surface area contributed by atoms with Gasteiger partial charge in [0.05, 0.1) is 12.2 Å². The average molecular weight is 383 g/mol. The lowest BCUT2D eigenvalue weighted by molar-refractivity contribution is 0.0467. The van der Waals surface area contributed by atoms with E-state index in [0.717, 1.165) is 12.8 Å². The molecule has 0 aromatic carbocycles. The third-order valence-corrected chi connectivity index (χ3v) is 3.81. The molecular formula is C18H24ClFN4O2. The fourth-order valence-corrected chi connectivity index (χ4v) is 2.50. The molecule has 2 rings (SSSR count). The van der Waals surface area contributed by atoms with Crippen molar-refractivity contribution < 1.29 is 13.9 Å². The number of nitrogens with zero attached hydrogens (tertiary/aromatic N) is 2. The highest BCUT2D eigenvalue weighted by atomic mass is 35.5. The first-order valence-corrected chi connectivity index (χ1v) is 8.98. The highest BCUT2D eigenvalue weighted by molar-refractivity contribution is 6.28. The Morgan fingerprint density at radius 2 is 2.19 bits per heavy atom. The Morgan fingerprint density at radius 3 is 2.85 bits per heavy atom. The van der Waals surface area contributed by atoms with Gasteiger partial charge in [-0.1, -0.05) is 11.8 Å². The molecule has 6 nitrogen and oxygen atoms in total. The van der Waals surface area contributed by atoms with Crippen LogP contribution in [0.15, 0.2) is 6.20 Å². The number of hydrogen-bond donors (Lipinski definition) is 2. The van der Waals surface area contributed by atoms with E-state index < -0.39 is 18.4 Å². The summed E-state index contributed by atoms with van der Waals surface area (Å²) in [5.41, 5.74) is 0.115. The van der Waals surface area contributed by atoms with E-state index in [1.54, 1.807) is 6.20 Å². The minimum absolute atomic E-state index is 0.0766. The standard InChI is InChI=1S/C18H24ClFN4O2/c1-18(2,3)26-17(25)23-14-9-12(10-14)5-6-13-11-22-16(19)24-15(13)21-8-4-7-20/h11-12,14H,4,7-10H2,1-3H3,(H,23,25)(H,21,22,24)/t12-,14+. The van der Waals surface area contributed by atoms with Crippen LogP contribution in [0.1, 0.15) is 45.6 Å². The minimum Gasteiger partial charge on any atom is -0.444 e. The van der Waals surface area contributed by atoms with Crippen molar-refractivity contribution in [3.63, 3.8) is 0 Å². The SMILES string of the molecule is CC(C)(C)OC(=O)N[C@H]1C[C@@H](C#Cc2cnc(Cl)nc2NCCCF)C1. The first kappa shape index (κ1) is 20.2. The van der Waals surface area contributed by atoms with Gasteiger partial charge in [-0.15, -0.1) is 0 Å². The van der Waals surface area contributed by atoms with E-state index >= 15 is 0 Å². The summed E-state index contributed by atoms with van der Waals surface area (Å²) in [6.07, 6.45) is 3.07. The molecule has 0 saturated heterocycles. The lowest BCUT2D eigenvalue weighted by atomic mass is 9.81. The second-order valence-electron chi connectivity index (χ2n) is 7.15. The minimum atomic E-state index is -0.507.